The molecular formula is C68H76Cl2Ti2-2. The van der Waals surface area contributed by atoms with Gasteiger partial charge in [-0.3, -0.25) is 12.2 Å². The van der Waals surface area contributed by atoms with Crippen molar-refractivity contribution in [2.45, 2.75) is 144 Å². The van der Waals surface area contributed by atoms with E-state index in [1.54, 1.807) is 0 Å². The summed E-state index contributed by atoms with van der Waals surface area (Å²) in [6, 6.07) is 51.1. The minimum atomic E-state index is 0. The Bertz CT molecular complexity index is 2490. The van der Waals surface area contributed by atoms with Crippen LogP contribution in [0.5, 0.6) is 0 Å². The zero-order valence-electron chi connectivity index (χ0n) is 45.6. The van der Waals surface area contributed by atoms with Crippen LogP contribution in [0.1, 0.15) is 165 Å². The van der Waals surface area contributed by atoms with Crippen molar-refractivity contribution in [1.29, 1.82) is 0 Å². The molecule has 0 N–H and O–H groups in total. The van der Waals surface area contributed by atoms with Crippen LogP contribution in [0.15, 0.2) is 158 Å². The van der Waals surface area contributed by atoms with Gasteiger partial charge in [-0.2, -0.15) is 59.7 Å². The molecule has 4 aliphatic rings. The topological polar surface area (TPSA) is 0 Å². The molecule has 4 heteroatoms. The zero-order valence-corrected chi connectivity index (χ0v) is 50.2. The minimum Gasteiger partial charge on any atom is -1.00 e. The maximum atomic E-state index is 3.67. The molecule has 0 heterocycles. The number of hydrogen-bond acceptors (Lipinski definition) is 0. The molecule has 0 spiro atoms. The van der Waals surface area contributed by atoms with Gasteiger partial charge in [0, 0.05) is 0 Å². The molecule has 0 saturated carbocycles. The number of allylic oxidation sites excluding steroid dienone is 8. The van der Waals surface area contributed by atoms with Crippen LogP contribution in [-0.2, 0) is 74.4 Å². The van der Waals surface area contributed by atoms with Crippen molar-refractivity contribution in [2.75, 3.05) is 0 Å². The molecule has 6 aromatic rings. The molecule has 0 bridgehead atoms. The maximum Gasteiger partial charge on any atom is -0.109 e. The monoisotopic (exact) mass is 1060 g/mol. The van der Waals surface area contributed by atoms with Gasteiger partial charge >= 0.3 is 133 Å². The van der Waals surface area contributed by atoms with Crippen molar-refractivity contribution in [3.63, 3.8) is 0 Å². The molecule has 0 aromatic heterocycles. The first-order valence-electron chi connectivity index (χ1n) is 25.0. The van der Waals surface area contributed by atoms with Crippen molar-refractivity contribution in [3.05, 3.63) is 238 Å². The molecule has 0 aliphatic heterocycles. The van der Waals surface area contributed by atoms with Crippen LogP contribution in [0.25, 0.3) is 22.3 Å². The van der Waals surface area contributed by atoms with Crippen LogP contribution < -0.4 is 24.8 Å². The van der Waals surface area contributed by atoms with E-state index in [1.165, 1.54) is 85.5 Å². The van der Waals surface area contributed by atoms with Crippen molar-refractivity contribution >= 4 is 7.62 Å². The summed E-state index contributed by atoms with van der Waals surface area (Å²) < 4.78 is 2.74. The summed E-state index contributed by atoms with van der Waals surface area (Å²) >= 11 is 4.24. The van der Waals surface area contributed by atoms with E-state index in [-0.39, 0.29) is 46.5 Å². The average molecular weight is 1060 g/mol. The van der Waals surface area contributed by atoms with Gasteiger partial charge in [0.15, 0.2) is 0 Å². The van der Waals surface area contributed by atoms with Gasteiger partial charge in [0.25, 0.3) is 0 Å². The normalized spacial score (nSPS) is 12.9. The van der Waals surface area contributed by atoms with E-state index < -0.39 is 0 Å². The largest absolute Gasteiger partial charge is 1.00 e. The van der Waals surface area contributed by atoms with Gasteiger partial charge in [0.05, 0.1) is 0 Å². The van der Waals surface area contributed by atoms with Crippen molar-refractivity contribution in [2.24, 2.45) is 0 Å². The van der Waals surface area contributed by atoms with Crippen molar-refractivity contribution in [3.8, 4) is 22.3 Å². The van der Waals surface area contributed by atoms with Crippen LogP contribution >= 0.6 is 0 Å². The summed E-state index contributed by atoms with van der Waals surface area (Å²) in [7, 11) is 0. The Labute approximate surface area is 472 Å². The van der Waals surface area contributed by atoms with E-state index in [0.717, 1.165) is 25.7 Å². The molecule has 0 atom stereocenters. The SMILES string of the molecule is CC(C)(C)c1[c-]c2c(cc1)-c1ccc(C(C)(C)C)cc1C2.CC(C)(C)c1[c-]c2c(cc1)-c1ccc(C(C)(C)C)cc1C2.C[C](=[Ti+2])c1ccccc1.C[C](=[Ti+2])c1ccccc1.[C-]1=CC=CC1.[C-]1=CC=CC1.[Cl-].[Cl-]. The van der Waals surface area contributed by atoms with Gasteiger partial charge in [-0.25, -0.2) is 24.3 Å². The maximum absolute atomic E-state index is 3.67. The second-order valence-electron chi connectivity index (χ2n) is 22.6. The third-order valence-corrected chi connectivity index (χ3v) is 13.4. The van der Waals surface area contributed by atoms with E-state index in [1.807, 2.05) is 36.4 Å². The molecule has 10 rings (SSSR count). The molecular weight excluding hydrogens is 983 g/mol. The zero-order chi connectivity index (χ0) is 51.3. The molecule has 0 amide bonds. The van der Waals surface area contributed by atoms with E-state index in [4.69, 9.17) is 0 Å². The van der Waals surface area contributed by atoms with E-state index in [9.17, 15) is 0 Å². The average Bonchev–Trinajstić information content (AvgIpc) is 4.17. The Hall–Kier alpha value is -3.97. The smallest absolute Gasteiger partial charge is 0.109 e. The van der Waals surface area contributed by atoms with Crippen LogP contribution in [0.3, 0.4) is 0 Å². The summed E-state index contributed by atoms with van der Waals surface area (Å²) in [5.41, 5.74) is 20.1. The Balaban J connectivity index is 0.000000247. The van der Waals surface area contributed by atoms with E-state index >= 15 is 0 Å². The molecule has 0 fully saturated rings. The molecule has 0 nitrogen and oxygen atoms in total. The summed E-state index contributed by atoms with van der Waals surface area (Å²) in [6.45, 7) is 31.4. The number of benzene rings is 6. The molecule has 4 aliphatic carbocycles. The van der Waals surface area contributed by atoms with Gasteiger partial charge in [-0.1, -0.05) is 131 Å². The Morgan fingerprint density at radius 3 is 0.986 bits per heavy atom. The van der Waals surface area contributed by atoms with Gasteiger partial charge in [-0.05, 0) is 56.8 Å². The van der Waals surface area contributed by atoms with Crippen LogP contribution in [0.4, 0.5) is 0 Å². The molecule has 0 saturated heterocycles. The quantitative estimate of drug-likeness (QED) is 0.120. The van der Waals surface area contributed by atoms with Crippen LogP contribution in [-0.4, -0.2) is 7.62 Å². The van der Waals surface area contributed by atoms with Gasteiger partial charge in [0.1, 0.15) is 0 Å². The van der Waals surface area contributed by atoms with E-state index in [2.05, 4.69) is 283 Å². The molecule has 6 aromatic carbocycles. The fourth-order valence-corrected chi connectivity index (χ4v) is 8.63. The second kappa shape index (κ2) is 28.1. The van der Waals surface area contributed by atoms with Gasteiger partial charge < -0.3 is 24.8 Å². The molecule has 0 unspecified atom stereocenters. The first kappa shape index (κ1) is 62.3. The van der Waals surface area contributed by atoms with E-state index in [0.29, 0.717) is 0 Å². The summed E-state index contributed by atoms with van der Waals surface area (Å²) in [6.07, 6.45) is 22.1. The minimum absolute atomic E-state index is 0. The number of hydrogen-bond donors (Lipinski definition) is 0. The number of fused-ring (bicyclic) bond motifs is 6. The van der Waals surface area contributed by atoms with Crippen LogP contribution in [0, 0.1) is 24.3 Å². The third-order valence-electron chi connectivity index (χ3n) is 12.5. The van der Waals surface area contributed by atoms with Gasteiger partial charge in [-0.15, -0.1) is 35.1 Å². The predicted molar refractivity (Wildman–Crippen MR) is 297 cm³/mol. The molecule has 372 valence electrons. The van der Waals surface area contributed by atoms with Crippen molar-refractivity contribution in [1.82, 2.24) is 0 Å². The second-order valence-corrected chi connectivity index (χ2v) is 25.0. The third kappa shape index (κ3) is 18.8. The summed E-state index contributed by atoms with van der Waals surface area (Å²) in [5, 5.41) is 0. The fraction of sp³-hybridized carbons (Fsp3) is 0.324. The Morgan fingerprint density at radius 2 is 0.750 bits per heavy atom. The Morgan fingerprint density at radius 1 is 0.417 bits per heavy atom. The predicted octanol–water partition coefficient (Wildman–Crippen LogP) is 11.5. The van der Waals surface area contributed by atoms with Gasteiger partial charge in [0.2, 0.25) is 0 Å². The standard InChI is InChI=1S/2C21H25.2C8H8.2C5H5.2ClH.2Ti/c2*1-20(2,3)16-7-9-18-14(12-16)11-15-13-17(21(4,5)6)8-10-19(15)18;2*1-2-8-6-4-3-5-7-8;2*1-2-4-5-3-1;;;;/h2*7-10,12H,11H2,1-6H3;2*3-7H,1H3;2*1-3H,4H2;2*1H;;/q2*-1;;;2*-1;;;2*+2/p-2. The summed E-state index contributed by atoms with van der Waals surface area (Å²) in [5.74, 6) is 0. The van der Waals surface area contributed by atoms with Crippen molar-refractivity contribution < 1.29 is 64.8 Å². The first-order valence-corrected chi connectivity index (χ1v) is 26.5. The first-order chi connectivity index (χ1) is 32.9. The molecule has 72 heavy (non-hydrogen) atoms. The summed E-state index contributed by atoms with van der Waals surface area (Å²) in [4.78, 5) is 0. The Kier molecular flexibility index (Phi) is 24.3. The number of rotatable bonds is 2. The van der Waals surface area contributed by atoms with Crippen LogP contribution in [0.2, 0.25) is 0 Å². The fourth-order valence-electron chi connectivity index (χ4n) is 8.11. The molecule has 0 radical (unpaired) electrons. The number of halogens is 2.